The lowest BCUT2D eigenvalue weighted by atomic mass is 10.1. The molecule has 0 heterocycles. The number of nitrogens with two attached hydrogens (primary N) is 3. The third-order valence-electron chi connectivity index (χ3n) is 4.74. The van der Waals surface area contributed by atoms with Crippen LogP contribution in [0.1, 0.15) is 25.7 Å². The van der Waals surface area contributed by atoms with Crippen LogP contribution in [0.3, 0.4) is 0 Å². The normalized spacial score (nSPS) is 11.6. The first kappa shape index (κ1) is 34.3. The fourth-order valence-electron chi connectivity index (χ4n) is 2.91. The van der Waals surface area contributed by atoms with Crippen LogP contribution in [0, 0.1) is 10.8 Å². The van der Waals surface area contributed by atoms with Crippen LogP contribution in [0.25, 0.3) is 0 Å². The Kier molecular flexibility index (Phi) is 17.1. The molecule has 0 aliphatic heterocycles. The highest BCUT2D eigenvalue weighted by Gasteiger charge is 2.23. The highest BCUT2D eigenvalue weighted by molar-refractivity contribution is 5.93. The van der Waals surface area contributed by atoms with E-state index in [0.717, 1.165) is 0 Å². The van der Waals surface area contributed by atoms with Crippen molar-refractivity contribution in [1.29, 1.82) is 10.8 Å². The van der Waals surface area contributed by atoms with Crippen LogP contribution in [0.2, 0.25) is 0 Å². The molecule has 2 atom stereocenters. The largest absolute Gasteiger partial charge is 0.480 e. The van der Waals surface area contributed by atoms with E-state index in [1.807, 2.05) is 0 Å². The van der Waals surface area contributed by atoms with Crippen molar-refractivity contribution in [3.05, 3.63) is 0 Å². The molecule has 16 N–H and O–H groups in total. The van der Waals surface area contributed by atoms with Crippen molar-refractivity contribution in [1.82, 2.24) is 37.2 Å². The van der Waals surface area contributed by atoms with Crippen LogP contribution >= 0.6 is 0 Å². The van der Waals surface area contributed by atoms with E-state index in [1.54, 1.807) is 0 Å². The van der Waals surface area contributed by atoms with Gasteiger partial charge >= 0.3 is 5.97 Å². The number of rotatable bonds is 19. The van der Waals surface area contributed by atoms with Gasteiger partial charge in [-0.1, -0.05) is 0 Å². The maximum Gasteiger partial charge on any atom is 0.322 e. The summed E-state index contributed by atoms with van der Waals surface area (Å²) in [4.78, 5) is 71.5. The first-order valence-electron chi connectivity index (χ1n) is 11.8. The monoisotopic (exact) mass is 558 g/mol. The Labute approximate surface area is 224 Å². The van der Waals surface area contributed by atoms with Gasteiger partial charge in [0.05, 0.1) is 19.6 Å². The Morgan fingerprint density at radius 1 is 0.641 bits per heavy atom. The number of carbonyl (C=O) groups excluding carboxylic acids is 5. The van der Waals surface area contributed by atoms with E-state index in [0.29, 0.717) is 6.42 Å². The zero-order valence-electron chi connectivity index (χ0n) is 21.4. The van der Waals surface area contributed by atoms with Crippen molar-refractivity contribution in [2.75, 3.05) is 39.3 Å². The number of carboxylic acid groups (broad SMARTS) is 1. The van der Waals surface area contributed by atoms with Crippen molar-refractivity contribution in [3.8, 4) is 0 Å². The minimum absolute atomic E-state index is 0.0703. The van der Waals surface area contributed by atoms with Crippen molar-refractivity contribution >= 4 is 47.4 Å². The lowest BCUT2D eigenvalue weighted by Crippen LogP contribution is -2.53. The number of hydrogen-bond donors (Lipinski definition) is 13. The number of carboxylic acids is 1. The number of carbonyl (C=O) groups is 6. The summed E-state index contributed by atoms with van der Waals surface area (Å²) >= 11 is 0. The SMILES string of the molecule is N=C(N)NCCC[C@H](NC(=O)CN)C(=O)NCC(=O)N[C@@H](CCCNC(=N)N)C(=O)NCC(=O)NCC(=O)O. The summed E-state index contributed by atoms with van der Waals surface area (Å²) in [5, 5.41) is 39.6. The van der Waals surface area contributed by atoms with Gasteiger partial charge in [0, 0.05) is 13.1 Å². The average Bonchev–Trinajstić information content (AvgIpc) is 2.87. The zero-order valence-corrected chi connectivity index (χ0v) is 21.4. The lowest BCUT2D eigenvalue weighted by molar-refractivity contribution is -0.138. The Hall–Kier alpha value is -4.68. The number of amides is 5. The van der Waals surface area contributed by atoms with Gasteiger partial charge in [-0.25, -0.2) is 0 Å². The summed E-state index contributed by atoms with van der Waals surface area (Å²) < 4.78 is 0. The summed E-state index contributed by atoms with van der Waals surface area (Å²) in [6.07, 6.45) is 0.862. The van der Waals surface area contributed by atoms with E-state index in [4.69, 9.17) is 33.1 Å². The molecule has 5 amide bonds. The molecule has 0 aromatic heterocycles. The minimum Gasteiger partial charge on any atom is -0.480 e. The van der Waals surface area contributed by atoms with Crippen LogP contribution in [-0.4, -0.2) is 104 Å². The van der Waals surface area contributed by atoms with Gasteiger partial charge < -0.3 is 59.5 Å². The molecule has 0 aliphatic carbocycles. The van der Waals surface area contributed by atoms with Crippen LogP contribution in [0.4, 0.5) is 0 Å². The first-order valence-corrected chi connectivity index (χ1v) is 11.8. The number of hydrogen-bond acceptors (Lipinski definition) is 9. The number of guanidine groups is 2. The van der Waals surface area contributed by atoms with Gasteiger partial charge in [-0.05, 0) is 25.7 Å². The Morgan fingerprint density at radius 3 is 1.49 bits per heavy atom. The molecule has 0 spiro atoms. The summed E-state index contributed by atoms with van der Waals surface area (Å²) in [5.74, 6) is -5.34. The molecular formula is C20H38N12O7. The Bertz CT molecular complexity index is 898. The quantitative estimate of drug-likeness (QED) is 0.0400. The predicted octanol–water partition coefficient (Wildman–Crippen LogP) is -6.13. The van der Waals surface area contributed by atoms with Crippen LogP contribution in [0.5, 0.6) is 0 Å². The fourth-order valence-corrected chi connectivity index (χ4v) is 2.91. The minimum atomic E-state index is -1.27. The second-order valence-corrected chi connectivity index (χ2v) is 8.02. The molecule has 0 unspecified atom stereocenters. The molecule has 0 rings (SSSR count). The first-order chi connectivity index (χ1) is 18.3. The van der Waals surface area contributed by atoms with Gasteiger partial charge in [0.25, 0.3) is 0 Å². The lowest BCUT2D eigenvalue weighted by Gasteiger charge is -2.20. The molecule has 19 nitrogen and oxygen atoms in total. The summed E-state index contributed by atoms with van der Waals surface area (Å²) in [7, 11) is 0. The predicted molar refractivity (Wildman–Crippen MR) is 138 cm³/mol. The third-order valence-corrected chi connectivity index (χ3v) is 4.74. The molecule has 0 aromatic rings. The number of aliphatic carboxylic acids is 1. The van der Waals surface area contributed by atoms with Gasteiger partial charge in [0.15, 0.2) is 11.9 Å². The smallest absolute Gasteiger partial charge is 0.322 e. The molecule has 220 valence electrons. The summed E-state index contributed by atoms with van der Waals surface area (Å²) in [6.45, 7) is -1.60. The van der Waals surface area contributed by atoms with Crippen LogP contribution in [0.15, 0.2) is 0 Å². The molecule has 39 heavy (non-hydrogen) atoms. The van der Waals surface area contributed by atoms with E-state index >= 15 is 0 Å². The van der Waals surface area contributed by atoms with Crippen LogP contribution < -0.4 is 54.4 Å². The summed E-state index contributed by atoms with van der Waals surface area (Å²) in [5.41, 5.74) is 15.7. The third kappa shape index (κ3) is 18.2. The average molecular weight is 559 g/mol. The van der Waals surface area contributed by atoms with E-state index in [-0.39, 0.29) is 50.8 Å². The highest BCUT2D eigenvalue weighted by atomic mass is 16.4. The van der Waals surface area contributed by atoms with E-state index < -0.39 is 67.2 Å². The molecule has 0 fully saturated rings. The maximum atomic E-state index is 12.6. The van der Waals surface area contributed by atoms with Gasteiger partial charge in [-0.2, -0.15) is 0 Å². The molecule has 0 aliphatic rings. The second kappa shape index (κ2) is 19.4. The molecule has 0 saturated heterocycles. The van der Waals surface area contributed by atoms with E-state index in [9.17, 15) is 28.8 Å². The molecule has 19 heteroatoms. The van der Waals surface area contributed by atoms with E-state index in [2.05, 4.69) is 37.2 Å². The molecule has 0 aromatic carbocycles. The maximum absolute atomic E-state index is 12.6. The van der Waals surface area contributed by atoms with E-state index in [1.165, 1.54) is 0 Å². The van der Waals surface area contributed by atoms with Crippen molar-refractivity contribution in [2.45, 2.75) is 37.8 Å². The Morgan fingerprint density at radius 2 is 1.08 bits per heavy atom. The second-order valence-electron chi connectivity index (χ2n) is 8.02. The zero-order chi connectivity index (χ0) is 29.8. The van der Waals surface area contributed by atoms with Crippen molar-refractivity contribution < 1.29 is 33.9 Å². The fraction of sp³-hybridized carbons (Fsp3) is 0.600. The molecule has 0 saturated carbocycles. The standard InChI is InChI=1S/C20H38N12O7/c21-7-13(33)31-11(3-1-5-26-19(22)23)17(38)30-9-15(35)32-12(4-2-6-27-20(24)25)18(39)29-8-14(34)28-10-16(36)37/h11-12H,1-10,21H2,(H,28,34)(H,29,39)(H,30,38)(H,31,33)(H,32,35)(H,36,37)(H4,22,23,26)(H4,24,25,27)/t11-,12-/m0/s1. The van der Waals surface area contributed by atoms with Gasteiger partial charge in [0.2, 0.25) is 29.5 Å². The van der Waals surface area contributed by atoms with Gasteiger partial charge in [-0.15, -0.1) is 0 Å². The van der Waals surface area contributed by atoms with Crippen molar-refractivity contribution in [3.63, 3.8) is 0 Å². The van der Waals surface area contributed by atoms with Crippen molar-refractivity contribution in [2.24, 2.45) is 17.2 Å². The highest BCUT2D eigenvalue weighted by Crippen LogP contribution is 1.99. The van der Waals surface area contributed by atoms with Gasteiger partial charge in [0.1, 0.15) is 18.6 Å². The molecular weight excluding hydrogens is 520 g/mol. The van der Waals surface area contributed by atoms with Gasteiger partial charge in [-0.3, -0.25) is 39.6 Å². The molecule has 0 radical (unpaired) electrons. The summed E-state index contributed by atoms with van der Waals surface area (Å²) in [6, 6.07) is -2.16. The molecule has 0 bridgehead atoms. The topological polar surface area (TPSA) is 333 Å². The number of nitrogens with one attached hydrogen (secondary N) is 9. The Balaban J connectivity index is 5.03. The van der Waals surface area contributed by atoms with Crippen LogP contribution in [-0.2, 0) is 28.8 Å².